The molecule has 35 heavy (non-hydrogen) atoms. The summed E-state index contributed by atoms with van der Waals surface area (Å²) in [6, 6.07) is 19.3. The van der Waals surface area contributed by atoms with E-state index in [4.69, 9.17) is 4.98 Å². The van der Waals surface area contributed by atoms with Crippen molar-refractivity contribution in [1.29, 1.82) is 0 Å². The van der Waals surface area contributed by atoms with Crippen molar-refractivity contribution in [2.45, 2.75) is 26.8 Å². The molecule has 0 radical (unpaired) electrons. The third-order valence-corrected chi connectivity index (χ3v) is 6.28. The van der Waals surface area contributed by atoms with Crippen molar-refractivity contribution >= 4 is 16.6 Å². The Morgan fingerprint density at radius 1 is 0.914 bits per heavy atom. The van der Waals surface area contributed by atoms with Crippen molar-refractivity contribution in [2.24, 2.45) is 0 Å². The van der Waals surface area contributed by atoms with Crippen LogP contribution in [0.1, 0.15) is 18.9 Å². The number of pyridine rings is 2. The van der Waals surface area contributed by atoms with Crippen LogP contribution in [-0.2, 0) is 6.54 Å². The van der Waals surface area contributed by atoms with Crippen molar-refractivity contribution < 1.29 is 4.39 Å². The first kappa shape index (κ1) is 21.2. The van der Waals surface area contributed by atoms with Crippen molar-refractivity contribution in [3.8, 4) is 33.6 Å². The molecule has 5 nitrogen and oxygen atoms in total. The molecular weight excluding hydrogens is 437 g/mol. The summed E-state index contributed by atoms with van der Waals surface area (Å²) >= 11 is 0. The Balaban J connectivity index is 1.54. The number of imidazole rings is 1. The second kappa shape index (κ2) is 8.47. The minimum Gasteiger partial charge on any atom is -0.299 e. The Labute approximate surface area is 202 Å². The lowest BCUT2D eigenvalue weighted by atomic mass is 10.0. The highest BCUT2D eigenvalue weighted by Crippen LogP contribution is 2.36. The number of halogens is 1. The molecule has 0 aliphatic rings. The van der Waals surface area contributed by atoms with E-state index in [0.717, 1.165) is 57.5 Å². The number of rotatable bonds is 5. The predicted octanol–water partition coefficient (Wildman–Crippen LogP) is 6.94. The number of benzene rings is 2. The summed E-state index contributed by atoms with van der Waals surface area (Å²) in [6.45, 7) is 4.99. The van der Waals surface area contributed by atoms with Crippen LogP contribution in [0.3, 0.4) is 0 Å². The molecule has 0 saturated carbocycles. The second-order valence-corrected chi connectivity index (χ2v) is 8.84. The summed E-state index contributed by atoms with van der Waals surface area (Å²) in [6.07, 6.45) is 8.82. The molecule has 0 fully saturated rings. The Kier molecular flexibility index (Phi) is 5.14. The lowest BCUT2D eigenvalue weighted by Crippen LogP contribution is -1.95. The molecule has 4 aromatic heterocycles. The third kappa shape index (κ3) is 3.77. The zero-order valence-electron chi connectivity index (χ0n) is 19.6. The number of aryl methyl sites for hydroxylation is 2. The molecule has 0 N–H and O–H groups in total. The van der Waals surface area contributed by atoms with Crippen molar-refractivity contribution in [3.63, 3.8) is 0 Å². The lowest BCUT2D eigenvalue weighted by molar-refractivity contribution is 0.603. The summed E-state index contributed by atoms with van der Waals surface area (Å²) in [5.41, 5.74) is 7.64. The number of hydrogen-bond acceptors (Lipinski definition) is 3. The van der Waals surface area contributed by atoms with Gasteiger partial charge in [-0.1, -0.05) is 30.7 Å². The molecule has 0 spiro atoms. The fraction of sp³-hybridized carbons (Fsp3) is 0.138. The van der Waals surface area contributed by atoms with Crippen LogP contribution in [0.2, 0.25) is 0 Å². The van der Waals surface area contributed by atoms with Crippen LogP contribution in [0.5, 0.6) is 0 Å². The maximum Gasteiger partial charge on any atom is 0.137 e. The van der Waals surface area contributed by atoms with Crippen molar-refractivity contribution in [2.75, 3.05) is 0 Å². The first-order valence-corrected chi connectivity index (χ1v) is 11.8. The third-order valence-electron chi connectivity index (χ3n) is 6.28. The second-order valence-electron chi connectivity index (χ2n) is 8.84. The smallest absolute Gasteiger partial charge is 0.137 e. The van der Waals surface area contributed by atoms with Gasteiger partial charge in [-0.25, -0.2) is 9.37 Å². The van der Waals surface area contributed by atoms with Gasteiger partial charge in [0.15, 0.2) is 0 Å². The topological polar surface area (TPSA) is 48.0 Å². The molecule has 0 aliphatic carbocycles. The van der Waals surface area contributed by atoms with E-state index in [1.807, 2.05) is 71.0 Å². The Bertz CT molecular complexity index is 1690. The van der Waals surface area contributed by atoms with Gasteiger partial charge < -0.3 is 0 Å². The van der Waals surface area contributed by atoms with Crippen LogP contribution in [0.15, 0.2) is 85.5 Å². The van der Waals surface area contributed by atoms with E-state index in [9.17, 15) is 4.39 Å². The van der Waals surface area contributed by atoms with Gasteiger partial charge >= 0.3 is 0 Å². The molecular formula is C29H24FN5. The van der Waals surface area contributed by atoms with Gasteiger partial charge in [0.25, 0.3) is 0 Å². The van der Waals surface area contributed by atoms with E-state index in [1.165, 1.54) is 6.07 Å². The van der Waals surface area contributed by atoms with Crippen LogP contribution >= 0.6 is 0 Å². The standard InChI is InChI=1S/C29H24FN5/c1-3-11-34-18-23(17-32-34)22-15-21-14-20(8-10-26(21)31-16-22)29-28(24-13-19(2)7-9-25(24)30)33-27-6-4-5-12-35(27)29/h4-10,12-18H,3,11H2,1-2H3. The van der Waals surface area contributed by atoms with E-state index < -0.39 is 0 Å². The summed E-state index contributed by atoms with van der Waals surface area (Å²) in [5, 5.41) is 5.46. The fourth-order valence-corrected chi connectivity index (χ4v) is 4.58. The van der Waals surface area contributed by atoms with Gasteiger partial charge in [-0.15, -0.1) is 0 Å². The van der Waals surface area contributed by atoms with Gasteiger partial charge in [0, 0.05) is 52.8 Å². The van der Waals surface area contributed by atoms with Gasteiger partial charge in [0.05, 0.1) is 17.4 Å². The monoisotopic (exact) mass is 461 g/mol. The lowest BCUT2D eigenvalue weighted by Gasteiger charge is -2.09. The normalized spacial score (nSPS) is 11.5. The predicted molar refractivity (Wildman–Crippen MR) is 138 cm³/mol. The van der Waals surface area contributed by atoms with E-state index in [0.29, 0.717) is 11.3 Å². The minimum atomic E-state index is -0.283. The van der Waals surface area contributed by atoms with Crippen LogP contribution in [0, 0.1) is 12.7 Å². The van der Waals surface area contributed by atoms with E-state index in [1.54, 1.807) is 6.07 Å². The van der Waals surface area contributed by atoms with Gasteiger partial charge in [-0.05, 0) is 55.8 Å². The number of fused-ring (bicyclic) bond motifs is 2. The molecule has 6 aromatic rings. The summed E-state index contributed by atoms with van der Waals surface area (Å²) < 4.78 is 18.9. The first-order chi connectivity index (χ1) is 17.1. The zero-order chi connectivity index (χ0) is 23.9. The molecule has 6 heteroatoms. The molecule has 0 saturated heterocycles. The molecule has 0 atom stereocenters. The maximum absolute atomic E-state index is 15.0. The number of aromatic nitrogens is 5. The molecule has 6 rings (SSSR count). The highest BCUT2D eigenvalue weighted by molar-refractivity contribution is 5.90. The Morgan fingerprint density at radius 3 is 2.69 bits per heavy atom. The van der Waals surface area contributed by atoms with Gasteiger partial charge in [0.2, 0.25) is 0 Å². The Hall–Kier alpha value is -4.32. The van der Waals surface area contributed by atoms with Crippen LogP contribution < -0.4 is 0 Å². The molecule has 0 aliphatic heterocycles. The van der Waals surface area contributed by atoms with Crippen molar-refractivity contribution in [3.05, 3.63) is 96.8 Å². The highest BCUT2D eigenvalue weighted by Gasteiger charge is 2.19. The molecule has 2 aromatic carbocycles. The molecule has 172 valence electrons. The minimum absolute atomic E-state index is 0.283. The summed E-state index contributed by atoms with van der Waals surface area (Å²) in [7, 11) is 0. The van der Waals surface area contributed by atoms with Crippen molar-refractivity contribution in [1.82, 2.24) is 24.1 Å². The maximum atomic E-state index is 15.0. The van der Waals surface area contributed by atoms with Gasteiger partial charge in [0.1, 0.15) is 17.2 Å². The summed E-state index contributed by atoms with van der Waals surface area (Å²) in [4.78, 5) is 9.51. The quantitative estimate of drug-likeness (QED) is 0.279. The average molecular weight is 462 g/mol. The molecule has 4 heterocycles. The van der Waals surface area contributed by atoms with Gasteiger partial charge in [-0.2, -0.15) is 5.10 Å². The van der Waals surface area contributed by atoms with E-state index in [2.05, 4.69) is 35.3 Å². The number of hydrogen-bond donors (Lipinski definition) is 0. The molecule has 0 bridgehead atoms. The molecule has 0 amide bonds. The Morgan fingerprint density at radius 2 is 1.80 bits per heavy atom. The van der Waals surface area contributed by atoms with Gasteiger partial charge in [-0.3, -0.25) is 14.1 Å². The van der Waals surface area contributed by atoms with Crippen LogP contribution in [0.4, 0.5) is 4.39 Å². The highest BCUT2D eigenvalue weighted by atomic mass is 19.1. The summed E-state index contributed by atoms with van der Waals surface area (Å²) in [5.74, 6) is -0.283. The first-order valence-electron chi connectivity index (χ1n) is 11.8. The van der Waals surface area contributed by atoms with Crippen LogP contribution in [0.25, 0.3) is 50.2 Å². The average Bonchev–Trinajstić information content (AvgIpc) is 3.50. The SMILES string of the molecule is CCCn1cc(-c2cnc3ccc(-c4c(-c5cc(C)ccc5F)nc5ccccn45)cc3c2)cn1. The number of nitrogens with zero attached hydrogens (tertiary/aromatic N) is 5. The van der Waals surface area contributed by atoms with E-state index in [-0.39, 0.29) is 5.82 Å². The molecule has 0 unspecified atom stereocenters. The zero-order valence-corrected chi connectivity index (χ0v) is 19.6. The fourth-order valence-electron chi connectivity index (χ4n) is 4.58. The largest absolute Gasteiger partial charge is 0.299 e. The van der Waals surface area contributed by atoms with E-state index >= 15 is 0 Å². The van der Waals surface area contributed by atoms with Crippen LogP contribution in [-0.4, -0.2) is 24.1 Å².